The summed E-state index contributed by atoms with van der Waals surface area (Å²) >= 11 is 0. The van der Waals surface area contributed by atoms with Crippen molar-refractivity contribution in [3.05, 3.63) is 0 Å². The molecule has 14 heavy (non-hydrogen) atoms. The average Bonchev–Trinajstić information content (AvgIpc) is 2.13. The van der Waals surface area contributed by atoms with Crippen LogP contribution in [-0.4, -0.2) is 42.3 Å². The van der Waals surface area contributed by atoms with Gasteiger partial charge in [-0.3, -0.25) is 0 Å². The molecule has 0 spiro atoms. The molecule has 0 saturated carbocycles. The standard InChI is InChI=1S/C11H26N2O/c1-5-10(14)8-13(4)7-6-11(12)9(2)3/h9-11,14H,5-8,12H2,1-4H3. The van der Waals surface area contributed by atoms with Gasteiger partial charge in [0.05, 0.1) is 6.10 Å². The van der Waals surface area contributed by atoms with E-state index in [0.717, 1.165) is 25.9 Å². The highest BCUT2D eigenvalue weighted by Crippen LogP contribution is 2.04. The maximum Gasteiger partial charge on any atom is 0.0664 e. The van der Waals surface area contributed by atoms with Crippen LogP contribution in [0.5, 0.6) is 0 Å². The molecular formula is C11H26N2O. The monoisotopic (exact) mass is 202 g/mol. The van der Waals surface area contributed by atoms with Crippen molar-refractivity contribution in [3.8, 4) is 0 Å². The summed E-state index contributed by atoms with van der Waals surface area (Å²) in [6, 6.07) is 0.274. The van der Waals surface area contributed by atoms with Crippen molar-refractivity contribution in [3.63, 3.8) is 0 Å². The summed E-state index contributed by atoms with van der Waals surface area (Å²) < 4.78 is 0. The van der Waals surface area contributed by atoms with Gasteiger partial charge in [-0.1, -0.05) is 20.8 Å². The Morgan fingerprint density at radius 1 is 1.36 bits per heavy atom. The Bertz CT molecular complexity index is 139. The molecule has 2 unspecified atom stereocenters. The molecule has 86 valence electrons. The van der Waals surface area contributed by atoms with Crippen molar-refractivity contribution >= 4 is 0 Å². The van der Waals surface area contributed by atoms with Crippen molar-refractivity contribution in [2.45, 2.75) is 45.8 Å². The number of likely N-dealkylation sites (N-methyl/N-ethyl adjacent to an activating group) is 1. The second kappa shape index (κ2) is 7.21. The Morgan fingerprint density at radius 2 is 1.93 bits per heavy atom. The molecule has 0 rings (SSSR count). The van der Waals surface area contributed by atoms with Crippen LogP contribution in [0.2, 0.25) is 0 Å². The first-order chi connectivity index (χ1) is 6.47. The lowest BCUT2D eigenvalue weighted by atomic mass is 10.0. The number of nitrogens with two attached hydrogens (primary N) is 1. The van der Waals surface area contributed by atoms with Crippen molar-refractivity contribution < 1.29 is 5.11 Å². The molecule has 3 nitrogen and oxygen atoms in total. The Kier molecular flexibility index (Phi) is 7.15. The minimum absolute atomic E-state index is 0.199. The number of hydrogen-bond acceptors (Lipinski definition) is 3. The molecule has 0 aliphatic rings. The molecule has 0 aromatic heterocycles. The summed E-state index contributed by atoms with van der Waals surface area (Å²) in [5, 5.41) is 9.43. The van der Waals surface area contributed by atoms with Crippen molar-refractivity contribution in [1.29, 1.82) is 0 Å². The predicted octanol–water partition coefficient (Wildman–Crippen LogP) is 1.06. The fraction of sp³-hybridized carbons (Fsp3) is 1.00. The second-order valence-electron chi connectivity index (χ2n) is 4.52. The van der Waals surface area contributed by atoms with Crippen LogP contribution >= 0.6 is 0 Å². The van der Waals surface area contributed by atoms with Crippen molar-refractivity contribution in [1.82, 2.24) is 4.90 Å². The maximum absolute atomic E-state index is 9.43. The van der Waals surface area contributed by atoms with E-state index in [2.05, 4.69) is 18.7 Å². The van der Waals surface area contributed by atoms with Crippen LogP contribution in [0, 0.1) is 5.92 Å². The Balaban J connectivity index is 3.58. The molecule has 0 bridgehead atoms. The molecule has 0 heterocycles. The molecule has 0 radical (unpaired) electrons. The highest BCUT2D eigenvalue weighted by molar-refractivity contribution is 4.68. The van der Waals surface area contributed by atoms with Gasteiger partial charge in [-0.2, -0.15) is 0 Å². The number of hydrogen-bond donors (Lipinski definition) is 2. The third kappa shape index (κ3) is 6.35. The first-order valence-electron chi connectivity index (χ1n) is 5.59. The smallest absolute Gasteiger partial charge is 0.0664 e. The topological polar surface area (TPSA) is 49.5 Å². The summed E-state index contributed by atoms with van der Waals surface area (Å²) in [6.07, 6.45) is 1.63. The number of aliphatic hydroxyl groups is 1. The number of aliphatic hydroxyl groups excluding tert-OH is 1. The molecule has 2 atom stereocenters. The quantitative estimate of drug-likeness (QED) is 0.649. The second-order valence-corrected chi connectivity index (χ2v) is 4.52. The van der Waals surface area contributed by atoms with Crippen LogP contribution in [0.15, 0.2) is 0 Å². The lowest BCUT2D eigenvalue weighted by molar-refractivity contribution is 0.120. The van der Waals surface area contributed by atoms with Gasteiger partial charge in [0.1, 0.15) is 0 Å². The van der Waals surface area contributed by atoms with Gasteiger partial charge in [0, 0.05) is 12.6 Å². The summed E-state index contributed by atoms with van der Waals surface area (Å²) in [4.78, 5) is 2.15. The molecule has 0 aromatic rings. The average molecular weight is 202 g/mol. The molecule has 3 N–H and O–H groups in total. The largest absolute Gasteiger partial charge is 0.392 e. The van der Waals surface area contributed by atoms with Gasteiger partial charge < -0.3 is 15.7 Å². The number of rotatable bonds is 7. The molecule has 0 fully saturated rings. The fourth-order valence-electron chi connectivity index (χ4n) is 1.28. The molecule has 0 aromatic carbocycles. The van der Waals surface area contributed by atoms with E-state index >= 15 is 0 Å². The van der Waals surface area contributed by atoms with E-state index in [0.29, 0.717) is 5.92 Å². The van der Waals surface area contributed by atoms with Crippen LogP contribution in [0.1, 0.15) is 33.6 Å². The van der Waals surface area contributed by atoms with Crippen LogP contribution < -0.4 is 5.73 Å². The van der Waals surface area contributed by atoms with Crippen molar-refractivity contribution in [2.75, 3.05) is 20.1 Å². The van der Waals surface area contributed by atoms with E-state index in [1.807, 2.05) is 14.0 Å². The SMILES string of the molecule is CCC(O)CN(C)CCC(N)C(C)C. The molecule has 0 amide bonds. The van der Waals surface area contributed by atoms with E-state index in [9.17, 15) is 5.11 Å². The lowest BCUT2D eigenvalue weighted by Crippen LogP contribution is -2.35. The Hall–Kier alpha value is -0.120. The summed E-state index contributed by atoms with van der Waals surface area (Å²) in [5.41, 5.74) is 5.94. The van der Waals surface area contributed by atoms with Crippen molar-refractivity contribution in [2.24, 2.45) is 11.7 Å². The van der Waals surface area contributed by atoms with Gasteiger partial charge in [0.25, 0.3) is 0 Å². The lowest BCUT2D eigenvalue weighted by Gasteiger charge is -2.22. The van der Waals surface area contributed by atoms with E-state index in [-0.39, 0.29) is 12.1 Å². The van der Waals surface area contributed by atoms with E-state index in [4.69, 9.17) is 5.73 Å². The normalized spacial score (nSPS) is 16.3. The molecular weight excluding hydrogens is 176 g/mol. The first-order valence-corrected chi connectivity index (χ1v) is 5.59. The Morgan fingerprint density at radius 3 is 2.36 bits per heavy atom. The van der Waals surface area contributed by atoms with Crippen LogP contribution in [0.25, 0.3) is 0 Å². The maximum atomic E-state index is 9.43. The van der Waals surface area contributed by atoms with Crippen LogP contribution in [0.3, 0.4) is 0 Å². The third-order valence-electron chi connectivity index (χ3n) is 2.69. The third-order valence-corrected chi connectivity index (χ3v) is 2.69. The summed E-state index contributed by atoms with van der Waals surface area (Å²) in [7, 11) is 2.03. The molecule has 0 saturated heterocycles. The number of nitrogens with zero attached hydrogens (tertiary/aromatic N) is 1. The van der Waals surface area contributed by atoms with Gasteiger partial charge in [-0.15, -0.1) is 0 Å². The van der Waals surface area contributed by atoms with Crippen LogP contribution in [0.4, 0.5) is 0 Å². The fourth-order valence-corrected chi connectivity index (χ4v) is 1.28. The van der Waals surface area contributed by atoms with Gasteiger partial charge in [-0.25, -0.2) is 0 Å². The minimum atomic E-state index is -0.199. The van der Waals surface area contributed by atoms with Gasteiger partial charge in [0.2, 0.25) is 0 Å². The van der Waals surface area contributed by atoms with Gasteiger partial charge in [0.15, 0.2) is 0 Å². The van der Waals surface area contributed by atoms with Crippen LogP contribution in [-0.2, 0) is 0 Å². The summed E-state index contributed by atoms with van der Waals surface area (Å²) in [5.74, 6) is 0.541. The van der Waals surface area contributed by atoms with E-state index in [1.54, 1.807) is 0 Å². The predicted molar refractivity (Wildman–Crippen MR) is 61.2 cm³/mol. The summed E-state index contributed by atoms with van der Waals surface area (Å²) in [6.45, 7) is 8.01. The highest BCUT2D eigenvalue weighted by atomic mass is 16.3. The zero-order valence-corrected chi connectivity index (χ0v) is 10.0. The Labute approximate surface area is 88.3 Å². The molecule has 0 aliphatic carbocycles. The molecule has 0 aliphatic heterocycles. The molecule has 3 heteroatoms. The van der Waals surface area contributed by atoms with Gasteiger partial charge >= 0.3 is 0 Å². The first kappa shape index (κ1) is 13.9. The zero-order chi connectivity index (χ0) is 11.1. The van der Waals surface area contributed by atoms with E-state index < -0.39 is 0 Å². The van der Waals surface area contributed by atoms with Gasteiger partial charge in [-0.05, 0) is 32.4 Å². The zero-order valence-electron chi connectivity index (χ0n) is 10.0. The van der Waals surface area contributed by atoms with E-state index in [1.165, 1.54) is 0 Å². The highest BCUT2D eigenvalue weighted by Gasteiger charge is 2.10. The minimum Gasteiger partial charge on any atom is -0.392 e.